The van der Waals surface area contributed by atoms with E-state index in [0.717, 1.165) is 20.8 Å². The third kappa shape index (κ3) is 4.71. The number of amides is 1. The van der Waals surface area contributed by atoms with Gasteiger partial charge >= 0.3 is 0 Å². The van der Waals surface area contributed by atoms with Crippen LogP contribution in [-0.2, 0) is 11.3 Å². The predicted molar refractivity (Wildman–Crippen MR) is 114 cm³/mol. The van der Waals surface area contributed by atoms with E-state index in [-0.39, 0.29) is 29.9 Å². The molecule has 0 fully saturated rings. The van der Waals surface area contributed by atoms with E-state index >= 15 is 0 Å². The molecule has 1 atom stereocenters. The van der Waals surface area contributed by atoms with Crippen molar-refractivity contribution in [3.63, 3.8) is 0 Å². The largest absolute Gasteiger partial charge is 0.351 e. The lowest BCUT2D eigenvalue weighted by molar-refractivity contribution is -0.122. The van der Waals surface area contributed by atoms with Crippen LogP contribution >= 0.6 is 11.3 Å². The molecule has 0 aliphatic carbocycles. The first-order chi connectivity index (χ1) is 13.8. The number of carbonyl (C=O) groups excluding carboxylic acids is 1. The standard InChI is InChI=1S/C21H25FN4O2S/c1-5-26(11-17(27)23-10-15-6-8-16(22)9-7-15)13(3)19-24-20(28)18-12(2)14(4)29-21(18)25-19/h6-9,13H,5,10-11H2,1-4H3,(H,23,27)(H,24,25,28). The lowest BCUT2D eigenvalue weighted by Crippen LogP contribution is -2.39. The van der Waals surface area contributed by atoms with Gasteiger partial charge in [-0.3, -0.25) is 14.5 Å². The van der Waals surface area contributed by atoms with Gasteiger partial charge in [0.2, 0.25) is 5.91 Å². The second-order valence-corrected chi connectivity index (χ2v) is 8.26. The molecule has 0 saturated heterocycles. The molecule has 3 rings (SSSR count). The van der Waals surface area contributed by atoms with E-state index in [0.29, 0.717) is 24.3 Å². The number of hydrogen-bond donors (Lipinski definition) is 2. The summed E-state index contributed by atoms with van der Waals surface area (Å²) in [5.74, 6) is 0.104. The summed E-state index contributed by atoms with van der Waals surface area (Å²) in [5.41, 5.74) is 1.65. The summed E-state index contributed by atoms with van der Waals surface area (Å²) in [7, 11) is 0. The molecule has 1 aromatic carbocycles. The Morgan fingerprint density at radius 3 is 2.66 bits per heavy atom. The van der Waals surface area contributed by atoms with E-state index in [4.69, 9.17) is 0 Å². The molecule has 2 heterocycles. The lowest BCUT2D eigenvalue weighted by atomic mass is 10.2. The molecule has 0 spiro atoms. The summed E-state index contributed by atoms with van der Waals surface area (Å²) in [4.78, 5) is 36.2. The van der Waals surface area contributed by atoms with Crippen molar-refractivity contribution in [2.45, 2.75) is 40.3 Å². The summed E-state index contributed by atoms with van der Waals surface area (Å²) in [6.07, 6.45) is 0. The minimum atomic E-state index is -0.305. The summed E-state index contributed by atoms with van der Waals surface area (Å²) in [5, 5.41) is 3.49. The van der Waals surface area contributed by atoms with Gasteiger partial charge in [-0.05, 0) is 50.6 Å². The third-order valence-corrected chi connectivity index (χ3v) is 6.26. The fraction of sp³-hybridized carbons (Fsp3) is 0.381. The normalized spacial score (nSPS) is 12.5. The van der Waals surface area contributed by atoms with Gasteiger partial charge < -0.3 is 10.3 Å². The zero-order valence-electron chi connectivity index (χ0n) is 17.0. The van der Waals surface area contributed by atoms with Crippen LogP contribution in [0.2, 0.25) is 0 Å². The fourth-order valence-corrected chi connectivity index (χ4v) is 4.25. The van der Waals surface area contributed by atoms with Crippen LogP contribution in [0.1, 0.15) is 41.7 Å². The first-order valence-corrected chi connectivity index (χ1v) is 10.4. The number of aryl methyl sites for hydroxylation is 2. The Kier molecular flexibility index (Phi) is 6.44. The van der Waals surface area contributed by atoms with Crippen LogP contribution in [0.15, 0.2) is 29.1 Å². The average Bonchev–Trinajstić information content (AvgIpc) is 2.99. The number of aromatic amines is 1. The Labute approximate surface area is 172 Å². The molecule has 154 valence electrons. The van der Waals surface area contributed by atoms with E-state index < -0.39 is 0 Å². The van der Waals surface area contributed by atoms with Crippen LogP contribution in [-0.4, -0.2) is 33.9 Å². The molecule has 2 aromatic heterocycles. The van der Waals surface area contributed by atoms with Crippen molar-refractivity contribution in [1.29, 1.82) is 0 Å². The van der Waals surface area contributed by atoms with Crippen molar-refractivity contribution in [2.75, 3.05) is 13.1 Å². The molecule has 6 nitrogen and oxygen atoms in total. The van der Waals surface area contributed by atoms with Crippen molar-refractivity contribution >= 4 is 27.5 Å². The molecule has 0 radical (unpaired) electrons. The van der Waals surface area contributed by atoms with Crippen LogP contribution in [0.5, 0.6) is 0 Å². The molecule has 0 bridgehead atoms. The molecule has 2 N–H and O–H groups in total. The van der Waals surface area contributed by atoms with Crippen molar-refractivity contribution in [1.82, 2.24) is 20.2 Å². The number of likely N-dealkylation sites (N-methyl/N-ethyl adjacent to an activating group) is 1. The maximum Gasteiger partial charge on any atom is 0.259 e. The van der Waals surface area contributed by atoms with Crippen LogP contribution in [0.25, 0.3) is 10.2 Å². The maximum absolute atomic E-state index is 13.0. The Bertz CT molecular complexity index is 1070. The number of rotatable bonds is 7. The molecule has 0 saturated carbocycles. The van der Waals surface area contributed by atoms with E-state index in [1.165, 1.54) is 23.5 Å². The smallest absolute Gasteiger partial charge is 0.259 e. The zero-order valence-corrected chi connectivity index (χ0v) is 17.8. The summed E-state index contributed by atoms with van der Waals surface area (Å²) < 4.78 is 13.0. The Morgan fingerprint density at radius 1 is 1.31 bits per heavy atom. The highest BCUT2D eigenvalue weighted by Crippen LogP contribution is 2.27. The lowest BCUT2D eigenvalue weighted by Gasteiger charge is -2.26. The van der Waals surface area contributed by atoms with E-state index in [2.05, 4.69) is 15.3 Å². The molecule has 0 aliphatic rings. The number of nitrogens with one attached hydrogen (secondary N) is 2. The number of halogens is 1. The fourth-order valence-electron chi connectivity index (χ4n) is 3.21. The van der Waals surface area contributed by atoms with Gasteiger partial charge in [-0.2, -0.15) is 0 Å². The number of thiophene rings is 1. The number of H-pyrrole nitrogens is 1. The van der Waals surface area contributed by atoms with Gasteiger partial charge in [-0.1, -0.05) is 19.1 Å². The van der Waals surface area contributed by atoms with Crippen LogP contribution < -0.4 is 10.9 Å². The quantitative estimate of drug-likeness (QED) is 0.619. The zero-order chi connectivity index (χ0) is 21.1. The van der Waals surface area contributed by atoms with Gasteiger partial charge in [0.05, 0.1) is 18.0 Å². The van der Waals surface area contributed by atoms with Gasteiger partial charge in [-0.15, -0.1) is 11.3 Å². The maximum atomic E-state index is 13.0. The highest BCUT2D eigenvalue weighted by molar-refractivity contribution is 7.18. The van der Waals surface area contributed by atoms with Crippen molar-refractivity contribution in [3.8, 4) is 0 Å². The minimum absolute atomic E-state index is 0.143. The second-order valence-electron chi connectivity index (χ2n) is 7.06. The van der Waals surface area contributed by atoms with Gasteiger partial charge in [0.25, 0.3) is 5.56 Å². The van der Waals surface area contributed by atoms with Crippen LogP contribution in [0, 0.1) is 19.7 Å². The summed E-state index contributed by atoms with van der Waals surface area (Å²) >= 11 is 1.51. The molecular formula is C21H25FN4O2S. The average molecular weight is 417 g/mol. The highest BCUT2D eigenvalue weighted by atomic mass is 32.1. The first kappa shape index (κ1) is 21.1. The SMILES string of the molecule is CCN(CC(=O)NCc1ccc(F)cc1)C(C)c1nc2sc(C)c(C)c2c(=O)[nH]1. The van der Waals surface area contributed by atoms with Crippen LogP contribution in [0.3, 0.4) is 0 Å². The van der Waals surface area contributed by atoms with E-state index in [1.54, 1.807) is 12.1 Å². The van der Waals surface area contributed by atoms with Gasteiger partial charge in [-0.25, -0.2) is 9.37 Å². The van der Waals surface area contributed by atoms with Gasteiger partial charge in [0, 0.05) is 11.4 Å². The van der Waals surface area contributed by atoms with E-state index in [9.17, 15) is 14.0 Å². The first-order valence-electron chi connectivity index (χ1n) is 9.55. The Hall–Kier alpha value is -2.58. The minimum Gasteiger partial charge on any atom is -0.351 e. The topological polar surface area (TPSA) is 78.1 Å². The molecule has 3 aromatic rings. The van der Waals surface area contributed by atoms with Crippen molar-refractivity contribution < 1.29 is 9.18 Å². The van der Waals surface area contributed by atoms with Crippen molar-refractivity contribution in [3.05, 3.63) is 62.3 Å². The molecule has 1 amide bonds. The summed E-state index contributed by atoms with van der Waals surface area (Å²) in [6.45, 7) is 8.92. The number of hydrogen-bond acceptors (Lipinski definition) is 5. The van der Waals surface area contributed by atoms with Gasteiger partial charge in [0.1, 0.15) is 16.5 Å². The van der Waals surface area contributed by atoms with Gasteiger partial charge in [0.15, 0.2) is 0 Å². The molecule has 1 unspecified atom stereocenters. The van der Waals surface area contributed by atoms with E-state index in [1.807, 2.05) is 32.6 Å². The predicted octanol–water partition coefficient (Wildman–Crippen LogP) is 3.44. The number of benzene rings is 1. The number of fused-ring (bicyclic) bond motifs is 1. The second kappa shape index (κ2) is 8.84. The molecule has 29 heavy (non-hydrogen) atoms. The number of carbonyl (C=O) groups is 1. The molecule has 0 aliphatic heterocycles. The third-order valence-electron chi connectivity index (χ3n) is 5.16. The number of aromatic nitrogens is 2. The molecule has 8 heteroatoms. The molecular weight excluding hydrogens is 391 g/mol. The number of nitrogens with zero attached hydrogens (tertiary/aromatic N) is 2. The summed E-state index contributed by atoms with van der Waals surface area (Å²) in [6, 6.07) is 5.80. The highest BCUT2D eigenvalue weighted by Gasteiger charge is 2.21. The van der Waals surface area contributed by atoms with Crippen LogP contribution in [0.4, 0.5) is 4.39 Å². The monoisotopic (exact) mass is 416 g/mol. The Balaban J connectivity index is 1.70. The van der Waals surface area contributed by atoms with Crippen molar-refractivity contribution in [2.24, 2.45) is 0 Å². The Morgan fingerprint density at radius 2 is 2.00 bits per heavy atom.